The molecule has 3 rings (SSSR count). The molecule has 4 N–H and O–H groups in total. The van der Waals surface area contributed by atoms with Crippen LogP contribution in [-0.4, -0.2) is 37.4 Å². The molecule has 2 aliphatic heterocycles. The van der Waals surface area contributed by atoms with Gasteiger partial charge in [0.1, 0.15) is 0 Å². The molecule has 4 atom stereocenters. The van der Waals surface area contributed by atoms with Crippen molar-refractivity contribution in [2.24, 2.45) is 22.6 Å². The Bertz CT molecular complexity index is 613. The number of hydrogen-bond donors (Lipinski definition) is 3. The summed E-state index contributed by atoms with van der Waals surface area (Å²) in [4.78, 5) is 16.8. The molecule has 4 unspecified atom stereocenters. The molecule has 1 fully saturated rings. The minimum Gasteiger partial charge on any atom is -0.340 e. The highest BCUT2D eigenvalue weighted by Crippen LogP contribution is 2.21. The molecule has 1 aromatic carbocycles. The van der Waals surface area contributed by atoms with Crippen LogP contribution in [0.3, 0.4) is 0 Å². The van der Waals surface area contributed by atoms with E-state index >= 15 is 0 Å². The van der Waals surface area contributed by atoms with Crippen LogP contribution >= 0.6 is 11.6 Å². The molecule has 6 heteroatoms. The van der Waals surface area contributed by atoms with Crippen LogP contribution in [0.5, 0.6) is 0 Å². The molecule has 136 valence electrons. The van der Waals surface area contributed by atoms with Gasteiger partial charge in [0.05, 0.1) is 18.1 Å². The van der Waals surface area contributed by atoms with E-state index in [9.17, 15) is 4.79 Å². The summed E-state index contributed by atoms with van der Waals surface area (Å²) in [5.41, 5.74) is 6.89. The molecule has 25 heavy (non-hydrogen) atoms. The number of aliphatic imine (C=N–C) groups is 1. The SMILES string of the molecule is NCC1CCC(C(=O)NC2CCC(Cc3cccc(Cl)c3)CN2)C=N1. The van der Waals surface area contributed by atoms with E-state index in [1.807, 2.05) is 18.2 Å². The Hall–Kier alpha value is -1.43. The number of halogens is 1. The quantitative estimate of drug-likeness (QED) is 0.750. The van der Waals surface area contributed by atoms with E-state index in [4.69, 9.17) is 17.3 Å². The first kappa shape index (κ1) is 18.4. The third-order valence-corrected chi connectivity index (χ3v) is 5.38. The summed E-state index contributed by atoms with van der Waals surface area (Å²) >= 11 is 6.05. The molecule has 1 amide bonds. The van der Waals surface area contributed by atoms with E-state index < -0.39 is 0 Å². The maximum absolute atomic E-state index is 12.4. The summed E-state index contributed by atoms with van der Waals surface area (Å²) in [6.45, 7) is 1.47. The van der Waals surface area contributed by atoms with Gasteiger partial charge in [0.2, 0.25) is 5.91 Å². The van der Waals surface area contributed by atoms with Crippen LogP contribution in [0.25, 0.3) is 0 Å². The van der Waals surface area contributed by atoms with Crippen LogP contribution in [0, 0.1) is 11.8 Å². The first-order chi connectivity index (χ1) is 12.1. The van der Waals surface area contributed by atoms with Gasteiger partial charge in [-0.1, -0.05) is 23.7 Å². The first-order valence-electron chi connectivity index (χ1n) is 9.15. The predicted octanol–water partition coefficient (Wildman–Crippen LogP) is 2.13. The topological polar surface area (TPSA) is 79.5 Å². The second-order valence-electron chi connectivity index (χ2n) is 7.12. The van der Waals surface area contributed by atoms with E-state index in [1.54, 1.807) is 6.21 Å². The largest absolute Gasteiger partial charge is 0.340 e. The van der Waals surface area contributed by atoms with Crippen LogP contribution in [-0.2, 0) is 11.2 Å². The Morgan fingerprint density at radius 1 is 1.32 bits per heavy atom. The lowest BCUT2D eigenvalue weighted by atomic mass is 9.91. The number of nitrogens with two attached hydrogens (primary N) is 1. The fourth-order valence-corrected chi connectivity index (χ4v) is 3.83. The van der Waals surface area contributed by atoms with Crippen molar-refractivity contribution in [3.05, 3.63) is 34.9 Å². The number of benzene rings is 1. The molecule has 0 bridgehead atoms. The van der Waals surface area contributed by atoms with Crippen molar-refractivity contribution in [2.45, 2.75) is 44.3 Å². The van der Waals surface area contributed by atoms with Gasteiger partial charge < -0.3 is 11.1 Å². The smallest absolute Gasteiger partial charge is 0.229 e. The lowest BCUT2D eigenvalue weighted by Gasteiger charge is -2.31. The number of piperidine rings is 1. The number of carbonyl (C=O) groups is 1. The second-order valence-corrected chi connectivity index (χ2v) is 7.55. The molecule has 5 nitrogen and oxygen atoms in total. The van der Waals surface area contributed by atoms with Crippen molar-refractivity contribution >= 4 is 23.7 Å². The van der Waals surface area contributed by atoms with Gasteiger partial charge in [-0.15, -0.1) is 0 Å². The highest BCUT2D eigenvalue weighted by atomic mass is 35.5. The second kappa shape index (κ2) is 8.79. The molecule has 1 aromatic rings. The third-order valence-electron chi connectivity index (χ3n) is 5.14. The highest BCUT2D eigenvalue weighted by Gasteiger charge is 2.26. The molecular weight excluding hydrogens is 336 g/mol. The van der Waals surface area contributed by atoms with Crippen LogP contribution in [0.2, 0.25) is 5.02 Å². The summed E-state index contributed by atoms with van der Waals surface area (Å²) in [6, 6.07) is 8.24. The van der Waals surface area contributed by atoms with Gasteiger partial charge in [-0.05, 0) is 55.7 Å². The van der Waals surface area contributed by atoms with Crippen LogP contribution in [0.1, 0.15) is 31.2 Å². The normalized spacial score (nSPS) is 29.4. The van der Waals surface area contributed by atoms with Crippen LogP contribution in [0.15, 0.2) is 29.3 Å². The fourth-order valence-electron chi connectivity index (χ4n) is 3.61. The Morgan fingerprint density at radius 2 is 2.20 bits per heavy atom. The van der Waals surface area contributed by atoms with Gasteiger partial charge in [0.25, 0.3) is 0 Å². The minimum absolute atomic E-state index is 0.0590. The van der Waals surface area contributed by atoms with Gasteiger partial charge in [-0.2, -0.15) is 0 Å². The number of nitrogens with zero attached hydrogens (tertiary/aromatic N) is 1. The zero-order chi connectivity index (χ0) is 17.6. The van der Waals surface area contributed by atoms with E-state index in [1.165, 1.54) is 5.56 Å². The molecule has 2 heterocycles. The van der Waals surface area contributed by atoms with Crippen LogP contribution < -0.4 is 16.4 Å². The first-order valence-corrected chi connectivity index (χ1v) is 9.53. The zero-order valence-electron chi connectivity index (χ0n) is 14.5. The molecular formula is C19H27ClN4O. The van der Waals surface area contributed by atoms with Gasteiger partial charge in [-0.3, -0.25) is 15.1 Å². The standard InChI is InChI=1S/C19H27ClN4O/c20-16-3-1-2-13(9-16)8-14-4-7-18(23-11-14)24-19(25)15-5-6-17(10-21)22-12-15/h1-3,9,12,14-15,17-18,23H,4-8,10-11,21H2,(H,24,25). The summed E-state index contributed by atoms with van der Waals surface area (Å²) in [6.07, 6.45) is 6.63. The van der Waals surface area contributed by atoms with Crippen molar-refractivity contribution in [3.63, 3.8) is 0 Å². The van der Waals surface area contributed by atoms with Gasteiger partial charge in [0, 0.05) is 24.3 Å². The van der Waals surface area contributed by atoms with Crippen LogP contribution in [0.4, 0.5) is 0 Å². The number of carbonyl (C=O) groups excluding carboxylic acids is 1. The summed E-state index contributed by atoms with van der Waals surface area (Å²) in [5, 5.41) is 7.38. The number of amides is 1. The van der Waals surface area contributed by atoms with Gasteiger partial charge in [0.15, 0.2) is 0 Å². The van der Waals surface area contributed by atoms with E-state index in [-0.39, 0.29) is 24.0 Å². The molecule has 2 aliphatic rings. The number of rotatable bonds is 5. The van der Waals surface area contributed by atoms with E-state index in [0.29, 0.717) is 12.5 Å². The van der Waals surface area contributed by atoms with Crippen molar-refractivity contribution in [1.82, 2.24) is 10.6 Å². The number of hydrogen-bond acceptors (Lipinski definition) is 4. The number of nitrogens with one attached hydrogen (secondary N) is 2. The average Bonchev–Trinajstić information content (AvgIpc) is 2.63. The lowest BCUT2D eigenvalue weighted by molar-refractivity contribution is -0.124. The molecule has 0 radical (unpaired) electrons. The Balaban J connectivity index is 1.42. The average molecular weight is 363 g/mol. The summed E-state index contributed by atoms with van der Waals surface area (Å²) < 4.78 is 0. The lowest BCUT2D eigenvalue weighted by Crippen LogP contribution is -2.52. The van der Waals surface area contributed by atoms with E-state index in [0.717, 1.165) is 43.7 Å². The molecule has 0 spiro atoms. The summed E-state index contributed by atoms with van der Waals surface area (Å²) in [7, 11) is 0. The van der Waals surface area contributed by atoms with Gasteiger partial charge in [-0.25, -0.2) is 0 Å². The molecule has 0 aromatic heterocycles. The predicted molar refractivity (Wildman–Crippen MR) is 102 cm³/mol. The molecule has 1 saturated heterocycles. The summed E-state index contributed by atoms with van der Waals surface area (Å²) in [5.74, 6) is 0.534. The maximum atomic E-state index is 12.4. The fraction of sp³-hybridized carbons (Fsp3) is 0.579. The minimum atomic E-state index is -0.117. The Labute approximate surface area is 154 Å². The Kier molecular flexibility index (Phi) is 6.45. The van der Waals surface area contributed by atoms with Crippen molar-refractivity contribution in [1.29, 1.82) is 0 Å². The van der Waals surface area contributed by atoms with Gasteiger partial charge >= 0.3 is 0 Å². The van der Waals surface area contributed by atoms with Crippen molar-refractivity contribution in [2.75, 3.05) is 13.1 Å². The monoisotopic (exact) mass is 362 g/mol. The third kappa shape index (κ3) is 5.27. The van der Waals surface area contributed by atoms with Crippen molar-refractivity contribution < 1.29 is 4.79 Å². The zero-order valence-corrected chi connectivity index (χ0v) is 15.2. The molecule has 0 saturated carbocycles. The van der Waals surface area contributed by atoms with Crippen molar-refractivity contribution in [3.8, 4) is 0 Å². The maximum Gasteiger partial charge on any atom is 0.229 e. The molecule has 0 aliphatic carbocycles. The van der Waals surface area contributed by atoms with E-state index in [2.05, 4.69) is 21.7 Å². The highest BCUT2D eigenvalue weighted by molar-refractivity contribution is 6.30. The Morgan fingerprint density at radius 3 is 2.84 bits per heavy atom.